The summed E-state index contributed by atoms with van der Waals surface area (Å²) in [4.78, 5) is 14.1. The summed E-state index contributed by atoms with van der Waals surface area (Å²) in [5, 5.41) is 3.40. The average Bonchev–Trinajstić information content (AvgIpc) is 2.63. The molecule has 1 saturated heterocycles. The topological polar surface area (TPSA) is 41.6 Å². The molecule has 1 unspecified atom stereocenters. The summed E-state index contributed by atoms with van der Waals surface area (Å²) in [6.45, 7) is 0.984. The van der Waals surface area contributed by atoms with Crippen LogP contribution in [0.5, 0.6) is 11.5 Å². The van der Waals surface area contributed by atoms with Crippen LogP contribution in [0.1, 0.15) is 6.42 Å². The van der Waals surface area contributed by atoms with Gasteiger partial charge in [-0.25, -0.2) is 0 Å². The molecule has 134 valence electrons. The predicted molar refractivity (Wildman–Crippen MR) is 107 cm³/mol. The van der Waals surface area contributed by atoms with Gasteiger partial charge in [0.15, 0.2) is 0 Å². The molecule has 1 aliphatic heterocycles. The maximum absolute atomic E-state index is 12.4. The quantitative estimate of drug-likeness (QED) is 0.855. The minimum atomic E-state index is 0. The number of hydrogen-bond acceptors (Lipinski definition) is 4. The number of rotatable bonds is 5. The number of benzene rings is 2. The number of nitrogens with one attached hydrogen (secondary N) is 1. The van der Waals surface area contributed by atoms with Gasteiger partial charge in [0.2, 0.25) is 5.91 Å². The Morgan fingerprint density at radius 3 is 2.48 bits per heavy atom. The van der Waals surface area contributed by atoms with E-state index in [9.17, 15) is 4.79 Å². The van der Waals surface area contributed by atoms with Gasteiger partial charge in [0.1, 0.15) is 11.5 Å². The molecule has 0 saturated carbocycles. The Morgan fingerprint density at radius 1 is 1.16 bits per heavy atom. The predicted octanol–water partition coefficient (Wildman–Crippen LogP) is 3.96. The van der Waals surface area contributed by atoms with Crippen molar-refractivity contribution in [3.63, 3.8) is 0 Å². The van der Waals surface area contributed by atoms with Crippen molar-refractivity contribution in [2.75, 3.05) is 30.0 Å². The van der Waals surface area contributed by atoms with Crippen LogP contribution < -0.4 is 15.0 Å². The molecule has 2 aromatic carbocycles. The highest BCUT2D eigenvalue weighted by atomic mass is 35.5. The largest absolute Gasteiger partial charge is 0.457 e. The second kappa shape index (κ2) is 9.70. The van der Waals surface area contributed by atoms with E-state index in [0.29, 0.717) is 6.42 Å². The minimum Gasteiger partial charge on any atom is -0.457 e. The molecule has 6 heteroatoms. The lowest BCUT2D eigenvalue weighted by Gasteiger charge is -2.25. The van der Waals surface area contributed by atoms with E-state index < -0.39 is 0 Å². The van der Waals surface area contributed by atoms with Crippen LogP contribution in [0.2, 0.25) is 0 Å². The highest BCUT2D eigenvalue weighted by Gasteiger charge is 2.19. The fourth-order valence-electron chi connectivity index (χ4n) is 2.60. The Labute approximate surface area is 159 Å². The second-order valence-corrected chi connectivity index (χ2v) is 6.94. The standard InChI is InChI=1S/C19H22N2O2S.ClH/c1-21(19(22)13-15-14-24-12-11-20-15)16-7-9-18(10-8-16)23-17-5-3-2-4-6-17;/h2-10,15,20H,11-14H2,1H3;1H. The molecule has 0 aromatic heterocycles. The van der Waals surface area contributed by atoms with Gasteiger partial charge in [0.25, 0.3) is 0 Å². The van der Waals surface area contributed by atoms with Gasteiger partial charge in [0.05, 0.1) is 0 Å². The van der Waals surface area contributed by atoms with Gasteiger partial charge in [0, 0.05) is 43.2 Å². The number of thioether (sulfide) groups is 1. The molecule has 1 heterocycles. The molecular weight excluding hydrogens is 356 g/mol. The van der Waals surface area contributed by atoms with E-state index in [1.165, 1.54) is 0 Å². The summed E-state index contributed by atoms with van der Waals surface area (Å²) in [6.07, 6.45) is 0.533. The number of carbonyl (C=O) groups is 1. The number of para-hydroxylation sites is 1. The normalized spacial score (nSPS) is 16.6. The SMILES string of the molecule is CN(C(=O)CC1CSCCN1)c1ccc(Oc2ccccc2)cc1.Cl. The summed E-state index contributed by atoms with van der Waals surface area (Å²) in [5.74, 6) is 3.82. The summed E-state index contributed by atoms with van der Waals surface area (Å²) in [7, 11) is 1.82. The van der Waals surface area contributed by atoms with E-state index in [0.717, 1.165) is 35.2 Å². The molecule has 1 fully saturated rings. The molecule has 1 N–H and O–H groups in total. The first-order chi connectivity index (χ1) is 11.7. The Morgan fingerprint density at radius 2 is 1.84 bits per heavy atom. The zero-order chi connectivity index (χ0) is 16.8. The van der Waals surface area contributed by atoms with Gasteiger partial charge in [-0.05, 0) is 36.4 Å². The van der Waals surface area contributed by atoms with Crippen molar-refractivity contribution in [2.45, 2.75) is 12.5 Å². The second-order valence-electron chi connectivity index (χ2n) is 5.79. The Hall–Kier alpha value is -1.69. The molecule has 2 aromatic rings. The molecule has 0 aliphatic carbocycles. The van der Waals surface area contributed by atoms with Crippen molar-refractivity contribution in [3.05, 3.63) is 54.6 Å². The average molecular weight is 379 g/mol. The molecule has 1 aliphatic rings. The van der Waals surface area contributed by atoms with E-state index in [4.69, 9.17) is 4.74 Å². The van der Waals surface area contributed by atoms with Crippen LogP contribution in [0.3, 0.4) is 0 Å². The van der Waals surface area contributed by atoms with Crippen LogP contribution >= 0.6 is 24.2 Å². The third kappa shape index (κ3) is 5.66. The first-order valence-corrected chi connectivity index (χ1v) is 9.28. The summed E-state index contributed by atoms with van der Waals surface area (Å²) in [6, 6.07) is 17.6. The Balaban J connectivity index is 0.00000225. The third-order valence-electron chi connectivity index (χ3n) is 4.00. The van der Waals surface area contributed by atoms with Crippen molar-refractivity contribution in [1.29, 1.82) is 0 Å². The smallest absolute Gasteiger partial charge is 0.228 e. The first-order valence-electron chi connectivity index (χ1n) is 8.13. The van der Waals surface area contributed by atoms with E-state index in [1.54, 1.807) is 4.90 Å². The van der Waals surface area contributed by atoms with Crippen LogP contribution in [-0.2, 0) is 4.79 Å². The van der Waals surface area contributed by atoms with Gasteiger partial charge < -0.3 is 15.0 Å². The monoisotopic (exact) mass is 378 g/mol. The van der Waals surface area contributed by atoms with Crippen molar-refractivity contribution in [3.8, 4) is 11.5 Å². The lowest BCUT2D eigenvalue weighted by Crippen LogP contribution is -2.41. The highest BCUT2D eigenvalue weighted by molar-refractivity contribution is 7.99. The van der Waals surface area contributed by atoms with E-state index in [-0.39, 0.29) is 24.4 Å². The molecule has 0 bridgehead atoms. The number of nitrogens with zero attached hydrogens (tertiary/aromatic N) is 1. The summed E-state index contributed by atoms with van der Waals surface area (Å²) in [5.41, 5.74) is 0.879. The van der Waals surface area contributed by atoms with E-state index >= 15 is 0 Å². The number of carbonyl (C=O) groups excluding carboxylic acids is 1. The molecule has 1 amide bonds. The van der Waals surface area contributed by atoms with Crippen LogP contribution in [0, 0.1) is 0 Å². The molecule has 0 radical (unpaired) electrons. The number of amides is 1. The molecular formula is C19H23ClN2O2S. The number of halogens is 1. The summed E-state index contributed by atoms with van der Waals surface area (Å²) < 4.78 is 5.78. The zero-order valence-electron chi connectivity index (χ0n) is 14.2. The number of hydrogen-bond donors (Lipinski definition) is 1. The van der Waals surface area contributed by atoms with Gasteiger partial charge in [-0.15, -0.1) is 12.4 Å². The van der Waals surface area contributed by atoms with Crippen LogP contribution in [-0.4, -0.2) is 37.0 Å². The summed E-state index contributed by atoms with van der Waals surface area (Å²) >= 11 is 1.91. The maximum Gasteiger partial charge on any atom is 0.228 e. The van der Waals surface area contributed by atoms with Crippen molar-refractivity contribution in [1.82, 2.24) is 5.32 Å². The minimum absolute atomic E-state index is 0. The lowest BCUT2D eigenvalue weighted by atomic mass is 10.2. The Kier molecular flexibility index (Phi) is 7.62. The van der Waals surface area contributed by atoms with Gasteiger partial charge in [-0.1, -0.05) is 18.2 Å². The molecule has 3 rings (SSSR count). The van der Waals surface area contributed by atoms with Crippen molar-refractivity contribution in [2.24, 2.45) is 0 Å². The van der Waals surface area contributed by atoms with E-state index in [2.05, 4.69) is 5.32 Å². The highest BCUT2D eigenvalue weighted by Crippen LogP contribution is 2.24. The van der Waals surface area contributed by atoms with Gasteiger partial charge in [-0.2, -0.15) is 11.8 Å². The fraction of sp³-hybridized carbons (Fsp3) is 0.316. The molecule has 4 nitrogen and oxygen atoms in total. The molecule has 25 heavy (non-hydrogen) atoms. The van der Waals surface area contributed by atoms with Crippen LogP contribution in [0.4, 0.5) is 5.69 Å². The van der Waals surface area contributed by atoms with E-state index in [1.807, 2.05) is 73.4 Å². The fourth-order valence-corrected chi connectivity index (χ4v) is 3.55. The zero-order valence-corrected chi connectivity index (χ0v) is 15.8. The van der Waals surface area contributed by atoms with Crippen LogP contribution in [0.25, 0.3) is 0 Å². The third-order valence-corrected chi connectivity index (χ3v) is 5.13. The maximum atomic E-state index is 12.4. The molecule has 1 atom stereocenters. The van der Waals surface area contributed by atoms with Crippen LogP contribution in [0.15, 0.2) is 54.6 Å². The molecule has 0 spiro atoms. The number of ether oxygens (including phenoxy) is 1. The van der Waals surface area contributed by atoms with Crippen molar-refractivity contribution < 1.29 is 9.53 Å². The van der Waals surface area contributed by atoms with Gasteiger partial charge in [-0.3, -0.25) is 4.79 Å². The lowest BCUT2D eigenvalue weighted by molar-refractivity contribution is -0.118. The number of anilines is 1. The first kappa shape index (κ1) is 19.6. The van der Waals surface area contributed by atoms with Gasteiger partial charge >= 0.3 is 0 Å². The Bertz CT molecular complexity index is 661. The van der Waals surface area contributed by atoms with Crippen molar-refractivity contribution >= 4 is 35.8 Å².